The summed E-state index contributed by atoms with van der Waals surface area (Å²) in [6.07, 6.45) is 0.594. The summed E-state index contributed by atoms with van der Waals surface area (Å²) < 4.78 is 0. The third kappa shape index (κ3) is 4.61. The molecule has 0 aromatic heterocycles. The number of benzene rings is 1. The monoisotopic (exact) mass is 336 g/mol. The van der Waals surface area contributed by atoms with Crippen LogP contribution in [0.4, 0.5) is 0 Å². The first-order valence-corrected chi connectivity index (χ1v) is 7.00. The number of rotatable bonds is 3. The maximum absolute atomic E-state index is 12.0. The molecule has 4 heteroatoms. The second-order valence-electron chi connectivity index (χ2n) is 5.06. The van der Waals surface area contributed by atoms with Crippen molar-refractivity contribution in [3.8, 4) is 0 Å². The van der Waals surface area contributed by atoms with Gasteiger partial charge < -0.3 is 0 Å². The molecule has 0 fully saturated rings. The maximum atomic E-state index is 12.0. The van der Waals surface area contributed by atoms with Crippen LogP contribution in [0.1, 0.15) is 26.3 Å². The zero-order chi connectivity index (χ0) is 13.2. The molecule has 0 heterocycles. The van der Waals surface area contributed by atoms with Gasteiger partial charge in [0.15, 0.2) is 5.78 Å². The van der Waals surface area contributed by atoms with Crippen molar-refractivity contribution in [3.05, 3.63) is 33.8 Å². The standard InChI is InChI=1S/C13H15BrCl2O/c1-13(2,3)12(17)11(14)6-8-4-9(15)7-10(16)5-8/h4-5,7,11H,6H2,1-3H3. The van der Waals surface area contributed by atoms with Gasteiger partial charge in [-0.3, -0.25) is 4.79 Å². The van der Waals surface area contributed by atoms with E-state index in [9.17, 15) is 4.79 Å². The summed E-state index contributed by atoms with van der Waals surface area (Å²) in [6.45, 7) is 5.73. The van der Waals surface area contributed by atoms with Crippen molar-refractivity contribution in [3.63, 3.8) is 0 Å². The predicted octanol–water partition coefficient (Wildman–Crippen LogP) is 4.91. The molecule has 1 aromatic carbocycles. The number of carbonyl (C=O) groups is 1. The number of hydrogen-bond acceptors (Lipinski definition) is 1. The van der Waals surface area contributed by atoms with E-state index in [4.69, 9.17) is 23.2 Å². The number of hydrogen-bond donors (Lipinski definition) is 0. The van der Waals surface area contributed by atoms with Gasteiger partial charge in [0.1, 0.15) is 0 Å². The van der Waals surface area contributed by atoms with Gasteiger partial charge in [-0.05, 0) is 30.2 Å². The molecule has 0 amide bonds. The summed E-state index contributed by atoms with van der Waals surface area (Å²) in [7, 11) is 0. The van der Waals surface area contributed by atoms with Gasteiger partial charge in [0.2, 0.25) is 0 Å². The lowest BCUT2D eigenvalue weighted by molar-refractivity contribution is -0.125. The van der Waals surface area contributed by atoms with Gasteiger partial charge in [-0.2, -0.15) is 0 Å². The van der Waals surface area contributed by atoms with Crippen molar-refractivity contribution in [2.24, 2.45) is 5.41 Å². The molecular weight excluding hydrogens is 323 g/mol. The molecule has 0 radical (unpaired) electrons. The van der Waals surface area contributed by atoms with Crippen molar-refractivity contribution >= 4 is 44.9 Å². The summed E-state index contributed by atoms with van der Waals surface area (Å²) in [5.74, 6) is 0.175. The molecule has 17 heavy (non-hydrogen) atoms. The third-order valence-electron chi connectivity index (χ3n) is 2.36. The Kier molecular flexibility index (Phi) is 5.06. The highest BCUT2D eigenvalue weighted by atomic mass is 79.9. The quantitative estimate of drug-likeness (QED) is 0.716. The van der Waals surface area contributed by atoms with Gasteiger partial charge >= 0.3 is 0 Å². The minimum atomic E-state index is -0.351. The third-order valence-corrected chi connectivity index (χ3v) is 3.54. The fraction of sp³-hybridized carbons (Fsp3) is 0.462. The van der Waals surface area contributed by atoms with Crippen molar-refractivity contribution in [1.29, 1.82) is 0 Å². The van der Waals surface area contributed by atoms with Crippen LogP contribution >= 0.6 is 39.1 Å². The summed E-state index contributed by atoms with van der Waals surface area (Å²) >= 11 is 15.3. The van der Waals surface area contributed by atoms with Crippen LogP contribution in [-0.2, 0) is 11.2 Å². The minimum absolute atomic E-state index is 0.175. The lowest BCUT2D eigenvalue weighted by atomic mass is 9.87. The Bertz CT molecular complexity index is 404. The van der Waals surface area contributed by atoms with Gasteiger partial charge in [-0.1, -0.05) is 59.9 Å². The number of Topliss-reactive ketones (excluding diaryl/α,β-unsaturated/α-hetero) is 1. The highest BCUT2D eigenvalue weighted by molar-refractivity contribution is 9.10. The van der Waals surface area contributed by atoms with Gasteiger partial charge in [0.25, 0.3) is 0 Å². The normalized spacial score (nSPS) is 13.5. The Hall–Kier alpha value is -0.0500. The molecule has 0 saturated carbocycles. The van der Waals surface area contributed by atoms with E-state index in [0.717, 1.165) is 5.56 Å². The molecule has 1 unspecified atom stereocenters. The van der Waals surface area contributed by atoms with Gasteiger partial charge in [0, 0.05) is 15.5 Å². The smallest absolute Gasteiger partial charge is 0.152 e. The molecular formula is C13H15BrCl2O. The molecule has 94 valence electrons. The fourth-order valence-electron chi connectivity index (χ4n) is 1.50. The average Bonchev–Trinajstić information content (AvgIpc) is 2.13. The first-order valence-electron chi connectivity index (χ1n) is 5.33. The zero-order valence-electron chi connectivity index (χ0n) is 10.1. The summed E-state index contributed by atoms with van der Waals surface area (Å²) in [4.78, 5) is 11.8. The van der Waals surface area contributed by atoms with Crippen LogP contribution in [0.15, 0.2) is 18.2 Å². The first kappa shape index (κ1) is 15.0. The minimum Gasteiger partial charge on any atom is -0.298 e. The molecule has 0 saturated heterocycles. The summed E-state index contributed by atoms with van der Waals surface area (Å²) in [6, 6.07) is 5.34. The van der Waals surface area contributed by atoms with Crippen LogP contribution in [0, 0.1) is 5.41 Å². The molecule has 1 rings (SSSR count). The number of carbonyl (C=O) groups excluding carboxylic acids is 1. The Morgan fingerprint density at radius 2 is 1.71 bits per heavy atom. The van der Waals surface area contributed by atoms with Crippen molar-refractivity contribution in [2.75, 3.05) is 0 Å². The van der Waals surface area contributed by atoms with Gasteiger partial charge in [0.05, 0.1) is 4.83 Å². The molecule has 1 aromatic rings. The molecule has 0 aliphatic heterocycles. The fourth-order valence-corrected chi connectivity index (χ4v) is 3.13. The summed E-state index contributed by atoms with van der Waals surface area (Å²) in [5, 5.41) is 1.19. The van der Waals surface area contributed by atoms with E-state index < -0.39 is 0 Å². The van der Waals surface area contributed by atoms with Crippen LogP contribution < -0.4 is 0 Å². The van der Waals surface area contributed by atoms with Crippen LogP contribution in [0.25, 0.3) is 0 Å². The Balaban J connectivity index is 2.81. The van der Waals surface area contributed by atoms with Crippen molar-refractivity contribution < 1.29 is 4.79 Å². The molecule has 0 N–H and O–H groups in total. The number of alkyl halides is 1. The lowest BCUT2D eigenvalue weighted by Gasteiger charge is -2.20. The molecule has 0 aliphatic carbocycles. The molecule has 1 atom stereocenters. The van der Waals surface area contributed by atoms with Gasteiger partial charge in [-0.15, -0.1) is 0 Å². The Morgan fingerprint density at radius 1 is 1.24 bits per heavy atom. The van der Waals surface area contributed by atoms with E-state index >= 15 is 0 Å². The van der Waals surface area contributed by atoms with E-state index in [0.29, 0.717) is 16.5 Å². The number of halogens is 3. The van der Waals surface area contributed by atoms with Crippen LogP contribution in [0.5, 0.6) is 0 Å². The highest BCUT2D eigenvalue weighted by Gasteiger charge is 2.27. The zero-order valence-corrected chi connectivity index (χ0v) is 13.2. The largest absolute Gasteiger partial charge is 0.298 e. The van der Waals surface area contributed by atoms with Crippen LogP contribution in [0.2, 0.25) is 10.0 Å². The highest BCUT2D eigenvalue weighted by Crippen LogP contribution is 2.25. The molecule has 0 spiro atoms. The SMILES string of the molecule is CC(C)(C)C(=O)C(Br)Cc1cc(Cl)cc(Cl)c1. The molecule has 0 bridgehead atoms. The van der Waals surface area contributed by atoms with E-state index in [1.165, 1.54) is 0 Å². The number of ketones is 1. The van der Waals surface area contributed by atoms with E-state index in [2.05, 4.69) is 15.9 Å². The van der Waals surface area contributed by atoms with Crippen molar-refractivity contribution in [1.82, 2.24) is 0 Å². The average molecular weight is 338 g/mol. The predicted molar refractivity (Wildman–Crippen MR) is 77.3 cm³/mol. The van der Waals surface area contributed by atoms with E-state index in [1.807, 2.05) is 32.9 Å². The Morgan fingerprint density at radius 3 is 2.12 bits per heavy atom. The Labute approximate surface area is 121 Å². The van der Waals surface area contributed by atoms with Gasteiger partial charge in [-0.25, -0.2) is 0 Å². The van der Waals surface area contributed by atoms with E-state index in [1.54, 1.807) is 6.07 Å². The van der Waals surface area contributed by atoms with E-state index in [-0.39, 0.29) is 16.0 Å². The maximum Gasteiger partial charge on any atom is 0.152 e. The second-order valence-corrected chi connectivity index (χ2v) is 7.04. The molecule has 0 aliphatic rings. The topological polar surface area (TPSA) is 17.1 Å². The lowest BCUT2D eigenvalue weighted by Crippen LogP contribution is -2.30. The van der Waals surface area contributed by atoms with Crippen molar-refractivity contribution in [2.45, 2.75) is 32.0 Å². The summed E-state index contributed by atoms with van der Waals surface area (Å²) in [5.41, 5.74) is 0.610. The van der Waals surface area contributed by atoms with Crippen LogP contribution in [0.3, 0.4) is 0 Å². The van der Waals surface area contributed by atoms with Crippen LogP contribution in [-0.4, -0.2) is 10.6 Å². The first-order chi connectivity index (χ1) is 7.70. The second kappa shape index (κ2) is 5.73. The molecule has 1 nitrogen and oxygen atoms in total.